The Morgan fingerprint density at radius 2 is 2.05 bits per heavy atom. The lowest BCUT2D eigenvalue weighted by Crippen LogP contribution is -2.17. The van der Waals surface area contributed by atoms with E-state index >= 15 is 0 Å². The molecule has 0 unspecified atom stereocenters. The van der Waals surface area contributed by atoms with Crippen LogP contribution in [0.5, 0.6) is 0 Å². The first-order valence-corrected chi connectivity index (χ1v) is 8.76. The fraction of sp³-hybridized carbons (Fsp3) is 0.188. The molecule has 0 aliphatic heterocycles. The Morgan fingerprint density at radius 1 is 1.29 bits per heavy atom. The Kier molecular flexibility index (Phi) is 4.48. The monoisotopic (exact) mass is 380 g/mol. The van der Waals surface area contributed by atoms with Crippen LogP contribution in [0.3, 0.4) is 0 Å². The third-order valence-corrected chi connectivity index (χ3v) is 5.24. The molecule has 3 rings (SSSR count). The summed E-state index contributed by atoms with van der Waals surface area (Å²) in [7, 11) is 2.07. The van der Waals surface area contributed by atoms with Crippen molar-refractivity contribution < 1.29 is 0 Å². The number of aromatic nitrogens is 1. The van der Waals surface area contributed by atoms with E-state index in [0.29, 0.717) is 5.88 Å². The molecule has 0 aliphatic carbocycles. The summed E-state index contributed by atoms with van der Waals surface area (Å²) in [5.74, 6) is 1.47. The molecule has 108 valence electrons. The Labute approximate surface area is 141 Å². The summed E-state index contributed by atoms with van der Waals surface area (Å²) in [6, 6.07) is 10.4. The van der Waals surface area contributed by atoms with Gasteiger partial charge in [-0.3, -0.25) is 0 Å². The van der Waals surface area contributed by atoms with Crippen molar-refractivity contribution in [3.63, 3.8) is 0 Å². The molecule has 21 heavy (non-hydrogen) atoms. The molecule has 1 aromatic carbocycles. The molecule has 0 saturated heterocycles. The quantitative estimate of drug-likeness (QED) is 0.560. The maximum atomic E-state index is 6.01. The Balaban J connectivity index is 2.00. The van der Waals surface area contributed by atoms with E-state index in [-0.39, 0.29) is 0 Å². The molecule has 0 bridgehead atoms. The number of halogens is 2. The molecule has 0 atom stereocenters. The minimum absolute atomic E-state index is 0.481. The number of hydrogen-bond donors (Lipinski definition) is 0. The van der Waals surface area contributed by atoms with Gasteiger partial charge in [0.2, 0.25) is 0 Å². The smallest absolute Gasteiger partial charge is 0.136 e. The lowest BCUT2D eigenvalue weighted by Gasteiger charge is -2.20. The summed E-state index contributed by atoms with van der Waals surface area (Å²) in [6.07, 6.45) is 1.88. The highest BCUT2D eigenvalue weighted by atomic mass is 79.9. The van der Waals surface area contributed by atoms with Crippen LogP contribution in [0, 0.1) is 0 Å². The fourth-order valence-electron chi connectivity index (χ4n) is 2.42. The van der Waals surface area contributed by atoms with Crippen molar-refractivity contribution >= 4 is 55.5 Å². The molecule has 0 amide bonds. The van der Waals surface area contributed by atoms with E-state index in [0.717, 1.165) is 27.1 Å². The van der Waals surface area contributed by atoms with Crippen LogP contribution in [0.25, 0.3) is 10.8 Å². The molecule has 5 heteroatoms. The van der Waals surface area contributed by atoms with Gasteiger partial charge in [-0.15, -0.1) is 22.9 Å². The topological polar surface area (TPSA) is 16.1 Å². The third-order valence-electron chi connectivity index (χ3n) is 3.40. The molecular weight excluding hydrogens is 368 g/mol. The number of hydrogen-bond acceptors (Lipinski definition) is 3. The second kappa shape index (κ2) is 6.34. The Morgan fingerprint density at radius 3 is 2.71 bits per heavy atom. The minimum atomic E-state index is 0.481. The number of pyridine rings is 1. The Hall–Kier alpha value is -1.10. The standard InChI is InChI=1S/C16H14BrClN2S/c1-20(9-11-6-15(17)21-10-11)16-14-5-3-2-4-13(14)12(7-18)8-19-16/h2-6,8,10H,7,9H2,1H3. The van der Waals surface area contributed by atoms with Crippen molar-refractivity contribution in [1.29, 1.82) is 0 Å². The van der Waals surface area contributed by atoms with Crippen LogP contribution in [-0.2, 0) is 12.4 Å². The van der Waals surface area contributed by atoms with Gasteiger partial charge in [-0.05, 0) is 43.9 Å². The summed E-state index contributed by atoms with van der Waals surface area (Å²) >= 11 is 11.2. The van der Waals surface area contributed by atoms with E-state index in [4.69, 9.17) is 11.6 Å². The average Bonchev–Trinajstić information content (AvgIpc) is 2.91. The number of anilines is 1. The molecule has 0 spiro atoms. The first-order valence-electron chi connectivity index (χ1n) is 6.55. The van der Waals surface area contributed by atoms with Crippen molar-refractivity contribution in [2.24, 2.45) is 0 Å². The largest absolute Gasteiger partial charge is 0.355 e. The number of fused-ring (bicyclic) bond motifs is 1. The zero-order valence-corrected chi connectivity index (χ0v) is 14.7. The lowest BCUT2D eigenvalue weighted by atomic mass is 10.1. The van der Waals surface area contributed by atoms with Gasteiger partial charge in [0.15, 0.2) is 0 Å². The summed E-state index contributed by atoms with van der Waals surface area (Å²) in [6.45, 7) is 0.833. The van der Waals surface area contributed by atoms with Gasteiger partial charge in [-0.2, -0.15) is 0 Å². The van der Waals surface area contributed by atoms with Gasteiger partial charge in [0.05, 0.1) is 3.79 Å². The molecule has 2 aromatic heterocycles. The van der Waals surface area contributed by atoms with Gasteiger partial charge in [-0.25, -0.2) is 4.98 Å². The predicted molar refractivity (Wildman–Crippen MR) is 95.4 cm³/mol. The van der Waals surface area contributed by atoms with Crippen LogP contribution >= 0.6 is 38.9 Å². The normalized spacial score (nSPS) is 11.0. The van der Waals surface area contributed by atoms with Gasteiger partial charge < -0.3 is 4.90 Å². The second-order valence-corrected chi connectivity index (χ2v) is 7.46. The highest BCUT2D eigenvalue weighted by Crippen LogP contribution is 2.29. The minimum Gasteiger partial charge on any atom is -0.355 e. The Bertz CT molecular complexity index is 772. The van der Waals surface area contributed by atoms with Crippen LogP contribution in [-0.4, -0.2) is 12.0 Å². The van der Waals surface area contributed by atoms with E-state index in [1.165, 1.54) is 10.9 Å². The maximum absolute atomic E-state index is 6.01. The molecule has 0 saturated carbocycles. The maximum Gasteiger partial charge on any atom is 0.136 e. The molecule has 0 N–H and O–H groups in total. The van der Waals surface area contributed by atoms with Gasteiger partial charge >= 0.3 is 0 Å². The van der Waals surface area contributed by atoms with E-state index in [9.17, 15) is 0 Å². The van der Waals surface area contributed by atoms with Crippen molar-refractivity contribution in [2.75, 3.05) is 11.9 Å². The fourth-order valence-corrected chi connectivity index (χ4v) is 3.84. The van der Waals surface area contributed by atoms with E-state index in [1.807, 2.05) is 18.3 Å². The van der Waals surface area contributed by atoms with Crippen LogP contribution in [0.2, 0.25) is 0 Å². The molecule has 0 fully saturated rings. The number of rotatable bonds is 4. The number of nitrogens with zero attached hydrogens (tertiary/aromatic N) is 2. The molecular formula is C16H14BrClN2S. The predicted octanol–water partition coefficient (Wildman–Crippen LogP) is 5.43. The molecule has 2 nitrogen and oxygen atoms in total. The summed E-state index contributed by atoms with van der Waals surface area (Å²) < 4.78 is 1.15. The first-order chi connectivity index (χ1) is 10.2. The third kappa shape index (κ3) is 3.07. The highest BCUT2D eigenvalue weighted by Gasteiger charge is 2.11. The van der Waals surface area contributed by atoms with Crippen molar-refractivity contribution in [3.05, 3.63) is 56.8 Å². The summed E-state index contributed by atoms with van der Waals surface area (Å²) in [5.41, 5.74) is 2.35. The van der Waals surface area contributed by atoms with Gasteiger partial charge in [-0.1, -0.05) is 24.3 Å². The average molecular weight is 382 g/mol. The van der Waals surface area contributed by atoms with Crippen molar-refractivity contribution in [1.82, 2.24) is 4.98 Å². The van der Waals surface area contributed by atoms with Crippen LogP contribution in [0.15, 0.2) is 45.7 Å². The lowest BCUT2D eigenvalue weighted by molar-refractivity contribution is 0.907. The number of alkyl halides is 1. The molecule has 3 aromatic rings. The summed E-state index contributed by atoms with van der Waals surface area (Å²) in [5, 5.41) is 4.49. The number of thiophene rings is 1. The first kappa shape index (κ1) is 14.8. The SMILES string of the molecule is CN(Cc1csc(Br)c1)c1ncc(CCl)c2ccccc12. The van der Waals surface area contributed by atoms with E-state index < -0.39 is 0 Å². The molecule has 2 heterocycles. The van der Waals surface area contributed by atoms with Gasteiger partial charge in [0.1, 0.15) is 5.82 Å². The molecule has 0 aliphatic rings. The number of benzene rings is 1. The zero-order valence-electron chi connectivity index (χ0n) is 11.5. The summed E-state index contributed by atoms with van der Waals surface area (Å²) in [4.78, 5) is 6.79. The van der Waals surface area contributed by atoms with E-state index in [1.54, 1.807) is 11.3 Å². The van der Waals surface area contributed by atoms with Crippen molar-refractivity contribution in [2.45, 2.75) is 12.4 Å². The molecule has 0 radical (unpaired) electrons. The highest BCUT2D eigenvalue weighted by molar-refractivity contribution is 9.11. The zero-order chi connectivity index (χ0) is 14.8. The second-order valence-electron chi connectivity index (χ2n) is 4.90. The van der Waals surface area contributed by atoms with Crippen LogP contribution < -0.4 is 4.90 Å². The van der Waals surface area contributed by atoms with Crippen molar-refractivity contribution in [3.8, 4) is 0 Å². The van der Waals surface area contributed by atoms with Gasteiger partial charge in [0.25, 0.3) is 0 Å². The van der Waals surface area contributed by atoms with Crippen LogP contribution in [0.4, 0.5) is 5.82 Å². The van der Waals surface area contributed by atoms with E-state index in [2.05, 4.69) is 56.4 Å². The van der Waals surface area contributed by atoms with Crippen LogP contribution in [0.1, 0.15) is 11.1 Å². The van der Waals surface area contributed by atoms with Gasteiger partial charge in [0, 0.05) is 31.1 Å².